The number of nitrogens with one attached hydrogen (secondary N) is 1. The normalized spacial score (nSPS) is 16.4. The number of aliphatic imine (C=N–C) groups is 1. The van der Waals surface area contributed by atoms with Crippen molar-refractivity contribution in [1.82, 2.24) is 5.32 Å². The fourth-order valence-corrected chi connectivity index (χ4v) is 4.16. The van der Waals surface area contributed by atoms with Crippen molar-refractivity contribution < 1.29 is 13.9 Å². The van der Waals surface area contributed by atoms with Crippen molar-refractivity contribution in [2.45, 2.75) is 25.6 Å². The topological polar surface area (TPSA) is 50.7 Å². The Kier molecular flexibility index (Phi) is 6.91. The van der Waals surface area contributed by atoms with Crippen molar-refractivity contribution in [1.29, 1.82) is 0 Å². The molecule has 3 rings (SSSR count). The number of carbonyl (C=O) groups is 1. The summed E-state index contributed by atoms with van der Waals surface area (Å²) in [6.45, 7) is 3.94. The summed E-state index contributed by atoms with van der Waals surface area (Å²) in [6, 6.07) is 13.7. The monoisotopic (exact) mass is 462 g/mol. The quantitative estimate of drug-likeness (QED) is 0.607. The number of carbonyl (C=O) groups excluding carboxylic acids is 1. The molecule has 0 unspecified atom stereocenters. The molecule has 0 bridgehead atoms. The van der Waals surface area contributed by atoms with Crippen molar-refractivity contribution >= 4 is 38.8 Å². The fourth-order valence-electron chi connectivity index (χ4n) is 2.84. The summed E-state index contributed by atoms with van der Waals surface area (Å²) in [5, 5.41) is 3.92. The van der Waals surface area contributed by atoms with Crippen LogP contribution in [0, 0.1) is 5.82 Å². The van der Waals surface area contributed by atoms with Crippen LogP contribution >= 0.6 is 27.7 Å². The van der Waals surface area contributed by atoms with Gasteiger partial charge in [-0.25, -0.2) is 14.2 Å². The predicted molar refractivity (Wildman–Crippen MR) is 114 cm³/mol. The van der Waals surface area contributed by atoms with Crippen LogP contribution in [0.2, 0.25) is 0 Å². The van der Waals surface area contributed by atoms with Gasteiger partial charge in [-0.2, -0.15) is 0 Å². The summed E-state index contributed by atoms with van der Waals surface area (Å²) in [4.78, 5) is 17.3. The van der Waals surface area contributed by atoms with Gasteiger partial charge in [0.05, 0.1) is 12.2 Å². The van der Waals surface area contributed by atoms with Crippen molar-refractivity contribution in [2.75, 3.05) is 6.61 Å². The minimum atomic E-state index is -0.450. The van der Waals surface area contributed by atoms with Gasteiger partial charge in [0.15, 0.2) is 5.17 Å². The van der Waals surface area contributed by atoms with E-state index >= 15 is 0 Å². The van der Waals surface area contributed by atoms with Gasteiger partial charge in [-0.05, 0) is 49.2 Å². The molecule has 1 N–H and O–H groups in total. The third kappa shape index (κ3) is 5.02. The maximum absolute atomic E-state index is 13.1. The zero-order valence-corrected chi connectivity index (χ0v) is 17.9. The number of esters is 1. The molecular formula is C21H20BrFN2O2S. The molecule has 0 saturated heterocycles. The van der Waals surface area contributed by atoms with E-state index in [1.165, 1.54) is 23.9 Å². The van der Waals surface area contributed by atoms with E-state index in [-0.39, 0.29) is 11.8 Å². The molecule has 0 fully saturated rings. The zero-order chi connectivity index (χ0) is 20.1. The number of halogens is 2. The Bertz CT molecular complexity index is 928. The Hall–Kier alpha value is -2.12. The van der Waals surface area contributed by atoms with E-state index in [0.717, 1.165) is 21.3 Å². The van der Waals surface area contributed by atoms with E-state index in [1.54, 1.807) is 19.1 Å². The molecule has 0 saturated carbocycles. The van der Waals surface area contributed by atoms with Crippen LogP contribution in [0.5, 0.6) is 0 Å². The van der Waals surface area contributed by atoms with Crippen LogP contribution < -0.4 is 5.32 Å². The number of nitrogens with zero attached hydrogens (tertiary/aromatic N) is 1. The number of ether oxygens (including phenoxy) is 1. The van der Waals surface area contributed by atoms with Crippen LogP contribution in [0.1, 0.15) is 31.0 Å². The molecule has 28 heavy (non-hydrogen) atoms. The Labute approximate surface area is 176 Å². The van der Waals surface area contributed by atoms with Crippen LogP contribution in [0.3, 0.4) is 0 Å². The van der Waals surface area contributed by atoms with Gasteiger partial charge in [-0.3, -0.25) is 0 Å². The van der Waals surface area contributed by atoms with Crippen molar-refractivity contribution in [2.24, 2.45) is 4.99 Å². The number of thioether (sulfide) groups is 1. The van der Waals surface area contributed by atoms with Gasteiger partial charge in [0.2, 0.25) is 0 Å². The molecule has 2 aromatic rings. The van der Waals surface area contributed by atoms with Gasteiger partial charge >= 0.3 is 5.97 Å². The molecule has 7 heteroatoms. The first-order valence-corrected chi connectivity index (χ1v) is 10.6. The molecule has 0 aromatic heterocycles. The lowest BCUT2D eigenvalue weighted by atomic mass is 9.97. The summed E-state index contributed by atoms with van der Waals surface area (Å²) in [7, 11) is 0. The lowest BCUT2D eigenvalue weighted by Gasteiger charge is -2.26. The second-order valence-electron chi connectivity index (χ2n) is 6.19. The second kappa shape index (κ2) is 9.39. The summed E-state index contributed by atoms with van der Waals surface area (Å²) in [5.74, 6) is 0.0116. The first kappa shape index (κ1) is 20.6. The standard InChI is InChI=1S/C21H20BrFN2O2S/c1-3-27-20(26)18-13(2)24-21(28-12-14-7-9-17(23)10-8-14)25-19(18)15-5-4-6-16(22)11-15/h4-11,19H,3,12H2,1-2H3,(H,24,25)/t19-/m1/s1. The van der Waals surface area contributed by atoms with Gasteiger partial charge < -0.3 is 10.1 Å². The number of rotatable bonds is 5. The SMILES string of the molecule is CCOC(=O)C1=C(C)NC(SCc2ccc(F)cc2)=N[C@@H]1c1cccc(Br)c1. The van der Waals surface area contributed by atoms with E-state index in [2.05, 4.69) is 21.2 Å². The molecule has 0 spiro atoms. The van der Waals surface area contributed by atoms with Gasteiger partial charge in [-0.1, -0.05) is 52.0 Å². The molecule has 0 amide bonds. The van der Waals surface area contributed by atoms with Gasteiger partial charge in [0.25, 0.3) is 0 Å². The van der Waals surface area contributed by atoms with Crippen LogP contribution in [0.4, 0.5) is 4.39 Å². The third-order valence-electron chi connectivity index (χ3n) is 4.17. The number of benzene rings is 2. The van der Waals surface area contributed by atoms with Gasteiger partial charge in [0, 0.05) is 15.9 Å². The zero-order valence-electron chi connectivity index (χ0n) is 15.5. The van der Waals surface area contributed by atoms with Gasteiger partial charge in [-0.15, -0.1) is 0 Å². The third-order valence-corrected chi connectivity index (χ3v) is 5.62. The Morgan fingerprint density at radius 3 is 2.71 bits per heavy atom. The molecule has 146 valence electrons. The van der Waals surface area contributed by atoms with E-state index in [1.807, 2.05) is 31.2 Å². The minimum absolute atomic E-state index is 0.255. The number of hydrogen-bond acceptors (Lipinski definition) is 5. The highest BCUT2D eigenvalue weighted by molar-refractivity contribution is 9.10. The van der Waals surface area contributed by atoms with E-state index in [4.69, 9.17) is 9.73 Å². The molecule has 2 aromatic carbocycles. The number of hydrogen-bond donors (Lipinski definition) is 1. The maximum Gasteiger partial charge on any atom is 0.338 e. The fraction of sp³-hybridized carbons (Fsp3) is 0.238. The molecular weight excluding hydrogens is 443 g/mol. The lowest BCUT2D eigenvalue weighted by molar-refractivity contribution is -0.138. The number of amidine groups is 1. The van der Waals surface area contributed by atoms with Crippen molar-refractivity contribution in [3.63, 3.8) is 0 Å². The first-order valence-electron chi connectivity index (χ1n) is 8.83. The summed E-state index contributed by atoms with van der Waals surface area (Å²) < 4.78 is 19.3. The number of allylic oxidation sites excluding steroid dienone is 1. The first-order chi connectivity index (χ1) is 13.5. The smallest absolute Gasteiger partial charge is 0.338 e. The van der Waals surface area contributed by atoms with Crippen LogP contribution in [0.15, 0.2) is 69.3 Å². The van der Waals surface area contributed by atoms with E-state index < -0.39 is 6.04 Å². The predicted octanol–water partition coefficient (Wildman–Crippen LogP) is 5.36. The Morgan fingerprint density at radius 1 is 1.29 bits per heavy atom. The highest BCUT2D eigenvalue weighted by Crippen LogP contribution is 2.34. The maximum atomic E-state index is 13.1. The highest BCUT2D eigenvalue weighted by atomic mass is 79.9. The average molecular weight is 463 g/mol. The van der Waals surface area contributed by atoms with Crippen molar-refractivity contribution in [3.05, 3.63) is 81.2 Å². The summed E-state index contributed by atoms with van der Waals surface area (Å²) in [6.07, 6.45) is 0. The van der Waals surface area contributed by atoms with Crippen LogP contribution in [0.25, 0.3) is 0 Å². The summed E-state index contributed by atoms with van der Waals surface area (Å²) >= 11 is 4.99. The molecule has 1 heterocycles. The molecule has 1 aliphatic heterocycles. The second-order valence-corrected chi connectivity index (χ2v) is 8.07. The molecule has 4 nitrogen and oxygen atoms in total. The molecule has 1 atom stereocenters. The van der Waals surface area contributed by atoms with Gasteiger partial charge in [0.1, 0.15) is 11.9 Å². The van der Waals surface area contributed by atoms with Crippen LogP contribution in [-0.4, -0.2) is 17.7 Å². The largest absolute Gasteiger partial charge is 0.463 e. The van der Waals surface area contributed by atoms with E-state index in [0.29, 0.717) is 23.1 Å². The van der Waals surface area contributed by atoms with Crippen molar-refractivity contribution in [3.8, 4) is 0 Å². The minimum Gasteiger partial charge on any atom is -0.463 e. The molecule has 0 radical (unpaired) electrons. The summed E-state index contributed by atoms with van der Waals surface area (Å²) in [5.41, 5.74) is 3.12. The average Bonchev–Trinajstić information content (AvgIpc) is 2.67. The highest BCUT2D eigenvalue weighted by Gasteiger charge is 2.30. The van der Waals surface area contributed by atoms with Crippen LogP contribution in [-0.2, 0) is 15.3 Å². The molecule has 1 aliphatic rings. The lowest BCUT2D eigenvalue weighted by Crippen LogP contribution is -2.30. The Morgan fingerprint density at radius 2 is 2.04 bits per heavy atom. The van der Waals surface area contributed by atoms with E-state index in [9.17, 15) is 9.18 Å². The Balaban J connectivity index is 1.87. The molecule has 0 aliphatic carbocycles.